The van der Waals surface area contributed by atoms with E-state index in [2.05, 4.69) is 40.9 Å². The molecule has 2 aromatic carbocycles. The van der Waals surface area contributed by atoms with E-state index < -0.39 is 45.3 Å². The van der Waals surface area contributed by atoms with Gasteiger partial charge in [0.25, 0.3) is 11.8 Å². The summed E-state index contributed by atoms with van der Waals surface area (Å²) in [7, 11) is 0. The number of benzene rings is 2. The van der Waals surface area contributed by atoms with Crippen molar-refractivity contribution in [2.24, 2.45) is 4.99 Å². The topological polar surface area (TPSA) is 134 Å². The molecule has 0 aliphatic rings. The molecule has 1 unspecified atom stereocenters. The Morgan fingerprint density at radius 3 is 1.71 bits per heavy atom. The first-order chi connectivity index (χ1) is 27.5. The lowest BCUT2D eigenvalue weighted by Crippen LogP contribution is -2.17. The van der Waals surface area contributed by atoms with Crippen molar-refractivity contribution in [1.29, 1.82) is 0 Å². The van der Waals surface area contributed by atoms with Crippen LogP contribution in [0.4, 0.5) is 38.0 Å². The maximum atomic E-state index is 12.9. The molecule has 6 rings (SSSR count). The molecule has 1 atom stereocenters. The van der Waals surface area contributed by atoms with Crippen LogP contribution in [0.5, 0.6) is 0 Å². The van der Waals surface area contributed by atoms with Gasteiger partial charge in [-0.3, -0.25) is 14.6 Å². The number of nitrogens with one attached hydrogen (secondary N) is 3. The average molecular weight is 880 g/mol. The second-order valence-corrected chi connectivity index (χ2v) is 15.0. The highest BCUT2D eigenvalue weighted by molar-refractivity contribution is 7.15. The lowest BCUT2D eigenvalue weighted by atomic mass is 10.2. The number of thiazole rings is 2. The molecule has 0 aliphatic carbocycles. The summed E-state index contributed by atoms with van der Waals surface area (Å²) in [5, 5.41) is 8.15. The molecule has 2 amide bonds. The Labute approximate surface area is 345 Å². The molecule has 0 saturated heterocycles. The highest BCUT2D eigenvalue weighted by Crippen LogP contribution is 2.36. The summed E-state index contributed by atoms with van der Waals surface area (Å²) in [5.41, 5.74) is 0.673. The summed E-state index contributed by atoms with van der Waals surface area (Å²) in [5.74, 6) is -1.70. The number of halogens is 8. The molecule has 0 radical (unpaired) electrons. The van der Waals surface area contributed by atoms with Crippen molar-refractivity contribution in [2.45, 2.75) is 45.3 Å². The number of amides is 2. The summed E-state index contributed by atoms with van der Waals surface area (Å²) >= 11 is 13.3. The number of anilines is 2. The Morgan fingerprint density at radius 2 is 1.19 bits per heavy atom. The quantitative estimate of drug-likeness (QED) is 0.0871. The minimum absolute atomic E-state index is 0.104. The number of hydrogen-bond acceptors (Lipinski definition) is 10. The molecule has 0 aliphatic heterocycles. The van der Waals surface area contributed by atoms with E-state index in [1.807, 2.05) is 67.6 Å². The van der Waals surface area contributed by atoms with Gasteiger partial charge in [-0.2, -0.15) is 26.3 Å². The molecule has 0 bridgehead atoms. The maximum Gasteiger partial charge on any atom is 0.418 e. The molecule has 3 N–H and O–H groups in total. The Kier molecular flexibility index (Phi) is 14.7. The lowest BCUT2D eigenvalue weighted by Gasteiger charge is -2.11. The van der Waals surface area contributed by atoms with Crippen LogP contribution in [0.15, 0.2) is 103 Å². The number of nitrogens with zero attached hydrogens (tertiary/aromatic N) is 5. The van der Waals surface area contributed by atoms with Crippen LogP contribution in [0.25, 0.3) is 0 Å². The van der Waals surface area contributed by atoms with Gasteiger partial charge in [0, 0.05) is 18.9 Å². The number of aromatic nitrogens is 4. The van der Waals surface area contributed by atoms with E-state index in [0.29, 0.717) is 40.9 Å². The molecule has 0 spiro atoms. The molecule has 0 fully saturated rings. The highest BCUT2D eigenvalue weighted by Gasteiger charge is 2.35. The minimum Gasteiger partial charge on any atom is -0.306 e. The van der Waals surface area contributed by atoms with Gasteiger partial charge in [-0.1, -0.05) is 83.9 Å². The monoisotopic (exact) mass is 878 g/mol. The van der Waals surface area contributed by atoms with Gasteiger partial charge in [0.2, 0.25) is 0 Å². The van der Waals surface area contributed by atoms with Crippen molar-refractivity contribution < 1.29 is 35.9 Å². The van der Waals surface area contributed by atoms with Crippen LogP contribution >= 0.6 is 45.9 Å². The summed E-state index contributed by atoms with van der Waals surface area (Å²) in [4.78, 5) is 45.5. The normalized spacial score (nSPS) is 12.3. The summed E-state index contributed by atoms with van der Waals surface area (Å²) in [6.07, 6.45) is -4.86. The van der Waals surface area contributed by atoms with E-state index in [1.165, 1.54) is 12.4 Å². The molecule has 10 nitrogen and oxygen atoms in total. The Bertz CT molecular complexity index is 2380. The van der Waals surface area contributed by atoms with Crippen molar-refractivity contribution in [3.05, 3.63) is 150 Å². The number of hydrogen-bond donors (Lipinski definition) is 3. The summed E-state index contributed by atoms with van der Waals surface area (Å²) < 4.78 is 77.6. The van der Waals surface area contributed by atoms with E-state index in [9.17, 15) is 35.9 Å². The molecule has 4 heterocycles. The van der Waals surface area contributed by atoms with Crippen LogP contribution in [0.2, 0.25) is 10.0 Å². The zero-order chi connectivity index (χ0) is 42.0. The maximum absolute atomic E-state index is 12.9. The summed E-state index contributed by atoms with van der Waals surface area (Å²) in [6, 6.07) is 20.8. The second kappa shape index (κ2) is 19.5. The van der Waals surface area contributed by atoms with Crippen LogP contribution in [-0.2, 0) is 25.4 Å². The number of aliphatic imine (C=N–C) groups is 1. The number of rotatable bonds is 11. The lowest BCUT2D eigenvalue weighted by molar-refractivity contribution is -0.138. The Balaban J connectivity index is 0.000000221. The SMILES string of the molecule is CC(=NCc1ccccc1)c1ncc(C(=O)Nc2cc(C(F)(F)F)c(Cl)cn2)s1.CC(NCc1ccccc1)c1ncc(C(=O)Nc2cc(C(F)(F)F)c(Cl)cn2)s1. The number of carbonyl (C=O) groups is 2. The van der Waals surface area contributed by atoms with Crippen LogP contribution < -0.4 is 16.0 Å². The molecule has 58 heavy (non-hydrogen) atoms. The van der Waals surface area contributed by atoms with Crippen LogP contribution in [0.1, 0.15) is 71.5 Å². The Hall–Kier alpha value is -5.27. The van der Waals surface area contributed by atoms with Crippen molar-refractivity contribution in [3.8, 4) is 0 Å². The highest BCUT2D eigenvalue weighted by atomic mass is 35.5. The third-order valence-corrected chi connectivity index (χ3v) is 10.6. The predicted octanol–water partition coefficient (Wildman–Crippen LogP) is 10.8. The molecule has 4 aromatic heterocycles. The Morgan fingerprint density at radius 1 is 0.707 bits per heavy atom. The van der Waals surface area contributed by atoms with Crippen molar-refractivity contribution in [1.82, 2.24) is 25.3 Å². The first kappa shape index (κ1) is 43.8. The van der Waals surface area contributed by atoms with Gasteiger partial charge >= 0.3 is 12.4 Å². The average Bonchev–Trinajstić information content (AvgIpc) is 3.90. The van der Waals surface area contributed by atoms with Gasteiger partial charge in [0.15, 0.2) is 0 Å². The third-order valence-electron chi connectivity index (χ3n) is 7.76. The second-order valence-electron chi connectivity index (χ2n) is 12.1. The number of carbonyl (C=O) groups excluding carboxylic acids is 2. The molecular formula is C38H30Cl2F6N8O2S2. The molecule has 20 heteroatoms. The van der Waals surface area contributed by atoms with E-state index in [-0.39, 0.29) is 27.4 Å². The van der Waals surface area contributed by atoms with Gasteiger partial charge < -0.3 is 16.0 Å². The fourth-order valence-electron chi connectivity index (χ4n) is 4.76. The molecular weight excluding hydrogens is 849 g/mol. The third kappa shape index (κ3) is 12.4. The predicted molar refractivity (Wildman–Crippen MR) is 213 cm³/mol. The smallest absolute Gasteiger partial charge is 0.306 e. The molecule has 6 aromatic rings. The van der Waals surface area contributed by atoms with E-state index >= 15 is 0 Å². The fourth-order valence-corrected chi connectivity index (χ4v) is 6.79. The van der Waals surface area contributed by atoms with Gasteiger partial charge in [0.05, 0.1) is 51.9 Å². The van der Waals surface area contributed by atoms with Crippen LogP contribution in [-0.4, -0.2) is 37.5 Å². The number of pyridine rings is 2. The standard InChI is InChI=1S/C19H16ClF3N4OS.C19H14ClF3N4OS/c2*1-11(24-8-12-5-3-2-4-6-12)18-26-10-15(29-18)17(28)27-16-7-13(19(21,22)23)14(20)9-25-16/h2-7,9-11,24H,8H2,1H3,(H,25,27,28);2-7,9-10H,8H2,1H3,(H,25,27,28). The molecule has 0 saturated carbocycles. The van der Waals surface area contributed by atoms with Crippen LogP contribution in [0.3, 0.4) is 0 Å². The van der Waals surface area contributed by atoms with E-state index in [0.717, 1.165) is 46.2 Å². The zero-order valence-electron chi connectivity index (χ0n) is 30.1. The minimum atomic E-state index is -4.65. The van der Waals surface area contributed by atoms with Crippen molar-refractivity contribution >= 4 is 75.0 Å². The van der Waals surface area contributed by atoms with Crippen molar-refractivity contribution in [3.63, 3.8) is 0 Å². The first-order valence-electron chi connectivity index (χ1n) is 16.8. The molecule has 302 valence electrons. The zero-order valence-corrected chi connectivity index (χ0v) is 33.3. The van der Waals surface area contributed by atoms with E-state index in [4.69, 9.17) is 23.2 Å². The van der Waals surface area contributed by atoms with E-state index in [1.54, 1.807) is 6.92 Å². The fraction of sp³-hybridized carbons (Fsp3) is 0.184. The van der Waals surface area contributed by atoms with Crippen molar-refractivity contribution in [2.75, 3.05) is 10.6 Å². The van der Waals surface area contributed by atoms with Gasteiger partial charge in [-0.15, -0.1) is 22.7 Å². The van der Waals surface area contributed by atoms with Gasteiger partial charge in [0.1, 0.15) is 31.4 Å². The number of alkyl halides is 6. The van der Waals surface area contributed by atoms with Gasteiger partial charge in [-0.05, 0) is 37.1 Å². The first-order valence-corrected chi connectivity index (χ1v) is 19.2. The van der Waals surface area contributed by atoms with Crippen LogP contribution in [0, 0.1) is 0 Å². The van der Waals surface area contributed by atoms with Gasteiger partial charge in [-0.25, -0.2) is 19.9 Å². The largest absolute Gasteiger partial charge is 0.418 e. The summed E-state index contributed by atoms with van der Waals surface area (Å²) in [6.45, 7) is 4.81.